The maximum Gasteiger partial charge on any atom is 0.381 e. The fourth-order valence-electron chi connectivity index (χ4n) is 3.61. The van der Waals surface area contributed by atoms with Crippen LogP contribution in [0.4, 0.5) is 39.5 Å². The van der Waals surface area contributed by atoms with Crippen molar-refractivity contribution in [1.29, 1.82) is 0 Å². The van der Waals surface area contributed by atoms with Gasteiger partial charge in [0.25, 0.3) is 5.67 Å². The van der Waals surface area contributed by atoms with Crippen LogP contribution < -0.4 is 0 Å². The van der Waals surface area contributed by atoms with E-state index in [9.17, 15) is 39.5 Å². The molecule has 0 amide bonds. The lowest BCUT2D eigenvalue weighted by Crippen LogP contribution is -2.55. The second-order valence-electron chi connectivity index (χ2n) is 7.87. The van der Waals surface area contributed by atoms with Crippen molar-refractivity contribution in [3.05, 3.63) is 0 Å². The molecular formula is C19H28F9I. The molecule has 174 valence electrons. The summed E-state index contributed by atoms with van der Waals surface area (Å²) in [4.78, 5) is 0. The number of unbranched alkanes of at least 4 members (excludes halogenated alkanes) is 9. The normalized spacial score (nSPS) is 24.5. The van der Waals surface area contributed by atoms with Gasteiger partial charge in [0.05, 0.1) is 0 Å². The van der Waals surface area contributed by atoms with Gasteiger partial charge in [-0.3, -0.25) is 0 Å². The molecule has 0 aromatic rings. The van der Waals surface area contributed by atoms with Crippen molar-refractivity contribution in [1.82, 2.24) is 0 Å². The number of halogens is 10. The Morgan fingerprint density at radius 3 is 1.28 bits per heavy atom. The highest BCUT2D eigenvalue weighted by atomic mass is 127. The van der Waals surface area contributed by atoms with Crippen molar-refractivity contribution in [2.24, 2.45) is 0 Å². The van der Waals surface area contributed by atoms with Crippen LogP contribution >= 0.6 is 22.6 Å². The third kappa shape index (κ3) is 4.96. The van der Waals surface area contributed by atoms with E-state index in [0.29, 0.717) is 12.8 Å². The van der Waals surface area contributed by atoms with Crippen molar-refractivity contribution in [3.63, 3.8) is 0 Å². The van der Waals surface area contributed by atoms with Crippen molar-refractivity contribution >= 4 is 22.6 Å². The Kier molecular flexibility index (Phi) is 9.49. The molecule has 0 aromatic heterocycles. The molecule has 1 rings (SSSR count). The number of hydrogen-bond donors (Lipinski definition) is 0. The van der Waals surface area contributed by atoms with Crippen LogP contribution in [0.25, 0.3) is 0 Å². The lowest BCUT2D eigenvalue weighted by atomic mass is 9.90. The quantitative estimate of drug-likeness (QED) is 0.0925. The molecule has 1 aliphatic carbocycles. The lowest BCUT2D eigenvalue weighted by molar-refractivity contribution is -0.303. The molecule has 0 radical (unpaired) electrons. The monoisotopic (exact) mass is 554 g/mol. The first-order valence-corrected chi connectivity index (χ1v) is 11.3. The van der Waals surface area contributed by atoms with Crippen LogP contribution in [-0.4, -0.2) is 33.3 Å². The van der Waals surface area contributed by atoms with E-state index >= 15 is 0 Å². The van der Waals surface area contributed by atoms with E-state index in [2.05, 4.69) is 6.92 Å². The summed E-state index contributed by atoms with van der Waals surface area (Å²) >= 11 is 1.39. The van der Waals surface area contributed by atoms with Crippen LogP contribution in [0, 0.1) is 0 Å². The molecule has 1 saturated carbocycles. The van der Waals surface area contributed by atoms with Gasteiger partial charge in [0, 0.05) is 10.3 Å². The lowest BCUT2D eigenvalue weighted by Gasteiger charge is -2.32. The van der Waals surface area contributed by atoms with Crippen LogP contribution in [0.1, 0.15) is 84.0 Å². The van der Waals surface area contributed by atoms with Gasteiger partial charge < -0.3 is 0 Å². The van der Waals surface area contributed by atoms with Crippen LogP contribution in [0.3, 0.4) is 0 Å². The van der Waals surface area contributed by atoms with E-state index in [1.807, 2.05) is 0 Å². The van der Waals surface area contributed by atoms with Gasteiger partial charge in [-0.25, -0.2) is 4.39 Å². The summed E-state index contributed by atoms with van der Waals surface area (Å²) in [6.45, 7) is 2.12. The molecule has 0 saturated heterocycles. The summed E-state index contributed by atoms with van der Waals surface area (Å²) < 4.78 is 121. The average molecular weight is 554 g/mol. The molecule has 1 fully saturated rings. The van der Waals surface area contributed by atoms with E-state index in [-0.39, 0.29) is 6.42 Å². The summed E-state index contributed by atoms with van der Waals surface area (Å²) in [5, 5.41) is 0. The molecule has 29 heavy (non-hydrogen) atoms. The smallest absolute Gasteiger partial charge is 0.230 e. The highest BCUT2D eigenvalue weighted by molar-refractivity contribution is 14.1. The van der Waals surface area contributed by atoms with Crippen molar-refractivity contribution in [3.8, 4) is 0 Å². The molecule has 0 N–H and O–H groups in total. The minimum atomic E-state index is -6.47. The summed E-state index contributed by atoms with van der Waals surface area (Å²) in [5.74, 6) is -25.3. The van der Waals surface area contributed by atoms with Crippen LogP contribution in [0.2, 0.25) is 0 Å². The van der Waals surface area contributed by atoms with Gasteiger partial charge in [-0.15, -0.1) is 0 Å². The van der Waals surface area contributed by atoms with Crippen LogP contribution in [0.15, 0.2) is 0 Å². The summed E-state index contributed by atoms with van der Waals surface area (Å²) in [5.41, 5.74) is -5.31. The predicted octanol–water partition coefficient (Wildman–Crippen LogP) is 8.75. The average Bonchev–Trinajstić information content (AvgIpc) is 2.66. The SMILES string of the molecule is CCCCCCCCCCCCC(I)CC1(F)C(F)(F)C(F)(F)C(F)(F)C1(F)F. The second kappa shape index (κ2) is 10.1. The minimum Gasteiger partial charge on any atom is -0.230 e. The number of hydrogen-bond acceptors (Lipinski definition) is 0. The maximum absolute atomic E-state index is 14.4. The molecule has 0 heterocycles. The van der Waals surface area contributed by atoms with Gasteiger partial charge in [-0.1, -0.05) is 93.7 Å². The van der Waals surface area contributed by atoms with Gasteiger partial charge in [0.2, 0.25) is 0 Å². The molecule has 0 spiro atoms. The standard InChI is InChI=1S/C19H28F9I/c1-2-3-4-5-6-7-8-9-10-11-12-14(29)13-15(20)16(21,22)18(25,26)19(27,28)17(15,23)24/h14H,2-13H2,1H3. The van der Waals surface area contributed by atoms with Gasteiger partial charge in [-0.2, -0.15) is 35.1 Å². The Labute approximate surface area is 179 Å². The van der Waals surface area contributed by atoms with Gasteiger partial charge in [-0.05, 0) is 6.42 Å². The molecule has 1 aliphatic rings. The highest BCUT2D eigenvalue weighted by Gasteiger charge is 3.00. The number of rotatable bonds is 13. The van der Waals surface area contributed by atoms with E-state index in [4.69, 9.17) is 0 Å². The first-order valence-electron chi connectivity index (χ1n) is 10.0. The molecule has 0 bridgehead atoms. The molecule has 0 aromatic carbocycles. The summed E-state index contributed by atoms with van der Waals surface area (Å²) in [6, 6.07) is 0. The van der Waals surface area contributed by atoms with E-state index < -0.39 is 39.7 Å². The van der Waals surface area contributed by atoms with Gasteiger partial charge in [0.15, 0.2) is 0 Å². The maximum atomic E-state index is 14.4. The van der Waals surface area contributed by atoms with E-state index in [1.54, 1.807) is 0 Å². The van der Waals surface area contributed by atoms with Crippen molar-refractivity contribution < 1.29 is 39.5 Å². The molecule has 0 nitrogen and oxygen atoms in total. The molecule has 10 heteroatoms. The summed E-state index contributed by atoms with van der Waals surface area (Å²) in [6.07, 6.45) is 7.87. The van der Waals surface area contributed by atoms with Crippen molar-refractivity contribution in [2.45, 2.75) is 117 Å². The third-order valence-corrected chi connectivity index (χ3v) is 6.62. The molecule has 1 atom stereocenters. The first kappa shape index (κ1) is 27.1. The van der Waals surface area contributed by atoms with Gasteiger partial charge >= 0.3 is 23.7 Å². The fraction of sp³-hybridized carbons (Fsp3) is 1.00. The first-order chi connectivity index (χ1) is 13.2. The molecular weight excluding hydrogens is 526 g/mol. The Bertz CT molecular complexity index is 482. The zero-order chi connectivity index (χ0) is 22.6. The molecule has 0 aliphatic heterocycles. The largest absolute Gasteiger partial charge is 0.381 e. The zero-order valence-corrected chi connectivity index (χ0v) is 18.5. The van der Waals surface area contributed by atoms with Gasteiger partial charge in [0.1, 0.15) is 0 Å². The van der Waals surface area contributed by atoms with Crippen molar-refractivity contribution in [2.75, 3.05) is 0 Å². The Balaban J connectivity index is 2.48. The van der Waals surface area contributed by atoms with E-state index in [1.165, 1.54) is 35.4 Å². The van der Waals surface area contributed by atoms with E-state index in [0.717, 1.165) is 38.5 Å². The molecule has 1 unspecified atom stereocenters. The highest BCUT2D eigenvalue weighted by Crippen LogP contribution is 2.70. The van der Waals surface area contributed by atoms with Crippen LogP contribution in [-0.2, 0) is 0 Å². The Morgan fingerprint density at radius 2 is 0.897 bits per heavy atom. The Hall–Kier alpha value is 0.1000. The minimum absolute atomic E-state index is 0.00598. The third-order valence-electron chi connectivity index (χ3n) is 5.55. The Morgan fingerprint density at radius 1 is 0.552 bits per heavy atom. The van der Waals surface area contributed by atoms with Crippen LogP contribution in [0.5, 0.6) is 0 Å². The predicted molar refractivity (Wildman–Crippen MR) is 103 cm³/mol. The number of alkyl halides is 10. The topological polar surface area (TPSA) is 0 Å². The second-order valence-corrected chi connectivity index (χ2v) is 9.63. The fourth-order valence-corrected chi connectivity index (χ4v) is 4.65. The summed E-state index contributed by atoms with van der Waals surface area (Å²) in [7, 11) is 0. The zero-order valence-electron chi connectivity index (χ0n) is 16.3.